The molecule has 1 amide bonds. The van der Waals surface area contributed by atoms with E-state index >= 15 is 0 Å². The van der Waals surface area contributed by atoms with Crippen LogP contribution in [0.1, 0.15) is 0 Å². The first-order chi connectivity index (χ1) is 13.1. The van der Waals surface area contributed by atoms with E-state index in [4.69, 9.17) is 0 Å². The lowest BCUT2D eigenvalue weighted by Gasteiger charge is -2.05. The van der Waals surface area contributed by atoms with Crippen molar-refractivity contribution in [2.24, 2.45) is 17.3 Å². The van der Waals surface area contributed by atoms with Gasteiger partial charge in [-0.25, -0.2) is 0 Å². The molecule has 6 nitrogen and oxygen atoms in total. The van der Waals surface area contributed by atoms with Crippen LogP contribution >= 0.6 is 0 Å². The lowest BCUT2D eigenvalue weighted by molar-refractivity contribution is -0.116. The van der Waals surface area contributed by atoms with Crippen molar-refractivity contribution in [2.75, 3.05) is 11.9 Å². The van der Waals surface area contributed by atoms with E-state index < -0.39 is 5.91 Å². The average Bonchev–Trinajstić information content (AvgIpc) is 2.95. The number of fused-ring (bicyclic) bond motifs is 2. The van der Waals surface area contributed by atoms with Gasteiger partial charge in [-0.15, -0.1) is 10.2 Å². The predicted octanol–water partition coefficient (Wildman–Crippen LogP) is 4.76. The molecule has 3 aromatic carbocycles. The summed E-state index contributed by atoms with van der Waals surface area (Å²) in [5.74, 6) is -0.439. The predicted molar refractivity (Wildman–Crippen MR) is 107 cm³/mol. The molecular weight excluding hydrogens is 340 g/mol. The highest BCUT2D eigenvalue weighted by atomic mass is 16.3. The fourth-order valence-corrected chi connectivity index (χ4v) is 3.08. The Morgan fingerprint density at radius 1 is 1.04 bits per heavy atom. The van der Waals surface area contributed by atoms with Crippen LogP contribution < -0.4 is 5.32 Å². The number of aromatic nitrogens is 1. The van der Waals surface area contributed by atoms with Crippen molar-refractivity contribution in [3.05, 3.63) is 66.7 Å². The average molecular weight is 358 g/mol. The Hall–Kier alpha value is -3.67. The van der Waals surface area contributed by atoms with E-state index in [0.29, 0.717) is 5.69 Å². The number of amides is 1. The van der Waals surface area contributed by atoms with Crippen LogP contribution in [0, 0.1) is 0 Å². The second kappa shape index (κ2) is 6.92. The van der Waals surface area contributed by atoms with Gasteiger partial charge in [0.05, 0.1) is 12.1 Å². The van der Waals surface area contributed by atoms with Crippen LogP contribution in [-0.4, -0.2) is 22.1 Å². The summed E-state index contributed by atoms with van der Waals surface area (Å²) in [6.07, 6.45) is 0. The standard InChI is InChI=1S/C21H18N4O2/c1-25-18-9-5-4-8-17(18)20(21(25)27)24-23-19(26)13-22-16-11-10-14-6-2-3-7-15(14)12-16/h2-12,22,27H,13H2,1H3. The van der Waals surface area contributed by atoms with Crippen molar-refractivity contribution in [1.82, 2.24) is 4.57 Å². The van der Waals surface area contributed by atoms with Gasteiger partial charge >= 0.3 is 0 Å². The molecule has 0 radical (unpaired) electrons. The van der Waals surface area contributed by atoms with Crippen LogP contribution in [0.5, 0.6) is 5.88 Å². The van der Waals surface area contributed by atoms with Crippen LogP contribution in [-0.2, 0) is 11.8 Å². The van der Waals surface area contributed by atoms with E-state index in [1.54, 1.807) is 11.6 Å². The number of azo groups is 1. The van der Waals surface area contributed by atoms with Gasteiger partial charge in [-0.2, -0.15) is 0 Å². The van der Waals surface area contributed by atoms with Gasteiger partial charge in [0, 0.05) is 18.1 Å². The van der Waals surface area contributed by atoms with Crippen molar-refractivity contribution in [3.8, 4) is 5.88 Å². The van der Waals surface area contributed by atoms with Gasteiger partial charge in [-0.3, -0.25) is 4.79 Å². The van der Waals surface area contributed by atoms with Gasteiger partial charge < -0.3 is 15.0 Å². The summed E-state index contributed by atoms with van der Waals surface area (Å²) in [7, 11) is 1.74. The molecule has 27 heavy (non-hydrogen) atoms. The fraction of sp³-hybridized carbons (Fsp3) is 0.0952. The molecule has 0 atom stereocenters. The maximum atomic E-state index is 12.1. The Morgan fingerprint density at radius 2 is 1.78 bits per heavy atom. The molecule has 134 valence electrons. The Kier molecular flexibility index (Phi) is 4.30. The fourth-order valence-electron chi connectivity index (χ4n) is 3.08. The Morgan fingerprint density at radius 3 is 2.63 bits per heavy atom. The third-order valence-electron chi connectivity index (χ3n) is 4.50. The van der Waals surface area contributed by atoms with Crippen molar-refractivity contribution in [2.45, 2.75) is 0 Å². The number of para-hydroxylation sites is 1. The summed E-state index contributed by atoms with van der Waals surface area (Å²) < 4.78 is 1.61. The summed E-state index contributed by atoms with van der Waals surface area (Å²) in [5.41, 5.74) is 1.96. The summed E-state index contributed by atoms with van der Waals surface area (Å²) in [6.45, 7) is 0.0212. The minimum atomic E-state index is -0.421. The minimum absolute atomic E-state index is 0.0183. The van der Waals surface area contributed by atoms with Gasteiger partial charge in [-0.05, 0) is 29.0 Å². The topological polar surface area (TPSA) is 79.0 Å². The molecule has 0 fully saturated rings. The Labute approximate surface area is 155 Å². The molecule has 0 unspecified atom stereocenters. The van der Waals surface area contributed by atoms with Gasteiger partial charge in [0.15, 0.2) is 5.69 Å². The van der Waals surface area contributed by atoms with E-state index in [9.17, 15) is 9.90 Å². The molecule has 4 rings (SSSR count). The monoisotopic (exact) mass is 358 g/mol. The van der Waals surface area contributed by atoms with E-state index in [1.165, 1.54) is 0 Å². The van der Waals surface area contributed by atoms with E-state index in [1.807, 2.05) is 66.7 Å². The number of aryl methyl sites for hydroxylation is 1. The van der Waals surface area contributed by atoms with Gasteiger partial charge in [-0.1, -0.05) is 48.5 Å². The SMILES string of the molecule is Cn1c(O)c(N=NC(=O)CNc2ccc3ccccc3c2)c2ccccc21. The molecule has 0 saturated carbocycles. The minimum Gasteiger partial charge on any atom is -0.493 e. The Bertz CT molecular complexity index is 1180. The summed E-state index contributed by atoms with van der Waals surface area (Å²) in [6, 6.07) is 21.4. The molecule has 4 aromatic rings. The highest BCUT2D eigenvalue weighted by Crippen LogP contribution is 2.37. The van der Waals surface area contributed by atoms with Gasteiger partial charge in [0.1, 0.15) is 0 Å². The molecular formula is C21H18N4O2. The van der Waals surface area contributed by atoms with Gasteiger partial charge in [0.2, 0.25) is 5.88 Å². The van der Waals surface area contributed by atoms with Crippen molar-refractivity contribution >= 4 is 39.0 Å². The number of nitrogens with one attached hydrogen (secondary N) is 1. The molecule has 0 saturated heterocycles. The molecule has 0 aliphatic carbocycles. The number of hydrogen-bond acceptors (Lipinski definition) is 4. The number of benzene rings is 3. The molecule has 0 bridgehead atoms. The highest BCUT2D eigenvalue weighted by Gasteiger charge is 2.14. The Balaban J connectivity index is 1.48. The second-order valence-corrected chi connectivity index (χ2v) is 6.26. The zero-order valence-corrected chi connectivity index (χ0v) is 14.8. The largest absolute Gasteiger partial charge is 0.493 e. The van der Waals surface area contributed by atoms with Crippen molar-refractivity contribution < 1.29 is 9.90 Å². The summed E-state index contributed by atoms with van der Waals surface area (Å²) >= 11 is 0. The number of anilines is 1. The smallest absolute Gasteiger partial charge is 0.283 e. The molecule has 1 heterocycles. The first kappa shape index (κ1) is 16.8. The first-order valence-corrected chi connectivity index (χ1v) is 8.57. The first-order valence-electron chi connectivity index (χ1n) is 8.57. The third-order valence-corrected chi connectivity index (χ3v) is 4.50. The molecule has 1 aromatic heterocycles. The maximum absolute atomic E-state index is 12.1. The number of nitrogens with zero attached hydrogens (tertiary/aromatic N) is 3. The number of rotatable bonds is 4. The number of carbonyl (C=O) groups is 1. The maximum Gasteiger partial charge on any atom is 0.283 e. The number of aromatic hydroxyl groups is 1. The summed E-state index contributed by atoms with van der Waals surface area (Å²) in [5, 5.41) is 24.0. The van der Waals surface area contributed by atoms with Crippen LogP contribution in [0.25, 0.3) is 21.7 Å². The van der Waals surface area contributed by atoms with Gasteiger partial charge in [0.25, 0.3) is 5.91 Å². The lowest BCUT2D eigenvalue weighted by atomic mass is 10.1. The van der Waals surface area contributed by atoms with Crippen molar-refractivity contribution in [3.63, 3.8) is 0 Å². The van der Waals surface area contributed by atoms with E-state index in [-0.39, 0.29) is 12.4 Å². The highest BCUT2D eigenvalue weighted by molar-refractivity contribution is 5.95. The lowest BCUT2D eigenvalue weighted by Crippen LogP contribution is -2.10. The van der Waals surface area contributed by atoms with Crippen LogP contribution in [0.3, 0.4) is 0 Å². The molecule has 2 N–H and O–H groups in total. The number of carbonyl (C=O) groups excluding carboxylic acids is 1. The number of hydrogen-bond donors (Lipinski definition) is 2. The van der Waals surface area contributed by atoms with Crippen LogP contribution in [0.15, 0.2) is 77.0 Å². The second-order valence-electron chi connectivity index (χ2n) is 6.26. The van der Waals surface area contributed by atoms with Crippen LogP contribution in [0.4, 0.5) is 11.4 Å². The molecule has 0 aliphatic rings. The third kappa shape index (κ3) is 3.25. The molecule has 6 heteroatoms. The van der Waals surface area contributed by atoms with Crippen molar-refractivity contribution in [1.29, 1.82) is 0 Å². The van der Waals surface area contributed by atoms with E-state index in [0.717, 1.165) is 27.4 Å². The zero-order valence-electron chi connectivity index (χ0n) is 14.8. The summed E-state index contributed by atoms with van der Waals surface area (Å²) in [4.78, 5) is 12.1. The normalized spacial score (nSPS) is 11.4. The van der Waals surface area contributed by atoms with E-state index in [2.05, 4.69) is 15.5 Å². The zero-order chi connectivity index (χ0) is 18.8. The van der Waals surface area contributed by atoms with Crippen LogP contribution in [0.2, 0.25) is 0 Å². The molecule has 0 spiro atoms. The molecule has 0 aliphatic heterocycles. The quantitative estimate of drug-likeness (QED) is 0.516.